The third kappa shape index (κ3) is 3.51. The largest absolute Gasteiger partial charge is 0.336 e. The molecule has 3 aromatic heterocycles. The fourth-order valence-corrected chi connectivity index (χ4v) is 4.28. The Kier molecular flexibility index (Phi) is 4.23. The van der Waals surface area contributed by atoms with Gasteiger partial charge in [-0.15, -0.1) is 16.4 Å². The highest BCUT2D eigenvalue weighted by molar-refractivity contribution is 7.09. The van der Waals surface area contributed by atoms with E-state index in [1.54, 1.807) is 22.2 Å². The summed E-state index contributed by atoms with van der Waals surface area (Å²) in [5, 5.41) is 17.7. The van der Waals surface area contributed by atoms with Gasteiger partial charge in [-0.3, -0.25) is 9.89 Å². The first-order valence-electron chi connectivity index (χ1n) is 9.40. The number of rotatable bonds is 5. The molecular formula is C18H21N7OS. The molecule has 9 heteroatoms. The maximum absolute atomic E-state index is 12.9. The average molecular weight is 383 g/mol. The number of carbonyl (C=O) groups is 1. The van der Waals surface area contributed by atoms with Crippen LogP contribution in [-0.2, 0) is 6.54 Å². The normalized spacial score (nSPS) is 20.1. The summed E-state index contributed by atoms with van der Waals surface area (Å²) in [7, 11) is 0. The van der Waals surface area contributed by atoms with Gasteiger partial charge >= 0.3 is 0 Å². The Morgan fingerprint density at radius 1 is 1.30 bits per heavy atom. The Balaban J connectivity index is 1.26. The zero-order chi connectivity index (χ0) is 18.2. The van der Waals surface area contributed by atoms with Crippen LogP contribution < -0.4 is 0 Å². The van der Waals surface area contributed by atoms with Crippen molar-refractivity contribution < 1.29 is 4.79 Å². The number of nitrogens with zero attached hydrogens (tertiary/aromatic N) is 6. The van der Waals surface area contributed by atoms with Gasteiger partial charge in [0.2, 0.25) is 0 Å². The summed E-state index contributed by atoms with van der Waals surface area (Å²) in [6.07, 6.45) is 6.10. The van der Waals surface area contributed by atoms with Crippen molar-refractivity contribution in [2.75, 3.05) is 13.1 Å². The summed E-state index contributed by atoms with van der Waals surface area (Å²) in [5.41, 5.74) is 0.404. The molecule has 3 aromatic rings. The molecule has 1 atom stereocenters. The van der Waals surface area contributed by atoms with Crippen LogP contribution in [0.15, 0.2) is 23.7 Å². The number of aromatic amines is 1. The fraction of sp³-hybridized carbons (Fsp3) is 0.500. The van der Waals surface area contributed by atoms with Gasteiger partial charge in [-0.25, -0.2) is 9.67 Å². The summed E-state index contributed by atoms with van der Waals surface area (Å²) in [5.74, 6) is 2.54. The summed E-state index contributed by atoms with van der Waals surface area (Å²) in [6.45, 7) is 2.02. The number of likely N-dealkylation sites (tertiary alicyclic amines) is 1. The Morgan fingerprint density at radius 2 is 2.22 bits per heavy atom. The van der Waals surface area contributed by atoms with E-state index in [9.17, 15) is 4.79 Å². The van der Waals surface area contributed by atoms with Gasteiger partial charge in [0, 0.05) is 29.8 Å². The van der Waals surface area contributed by atoms with Crippen LogP contribution in [0.1, 0.15) is 64.5 Å². The molecule has 1 saturated carbocycles. The van der Waals surface area contributed by atoms with Gasteiger partial charge in [0.15, 0.2) is 11.5 Å². The van der Waals surface area contributed by atoms with Gasteiger partial charge in [-0.1, -0.05) is 11.3 Å². The third-order valence-corrected chi connectivity index (χ3v) is 6.07. The molecular weight excluding hydrogens is 362 g/mol. The Hall–Kier alpha value is -2.55. The maximum atomic E-state index is 12.9. The van der Waals surface area contributed by atoms with Crippen molar-refractivity contribution in [3.63, 3.8) is 0 Å². The number of amides is 1. The molecule has 4 heterocycles. The molecule has 0 spiro atoms. The number of nitrogens with one attached hydrogen (secondary N) is 1. The van der Waals surface area contributed by atoms with E-state index >= 15 is 0 Å². The van der Waals surface area contributed by atoms with Crippen LogP contribution in [0, 0.1) is 0 Å². The second-order valence-electron chi connectivity index (χ2n) is 7.32. The number of thiophene rings is 1. The first kappa shape index (κ1) is 16.6. The Morgan fingerprint density at radius 3 is 3.04 bits per heavy atom. The highest BCUT2D eigenvalue weighted by Crippen LogP contribution is 2.38. The van der Waals surface area contributed by atoms with Crippen molar-refractivity contribution in [3.05, 3.63) is 45.9 Å². The molecule has 1 saturated heterocycles. The lowest BCUT2D eigenvalue weighted by Gasteiger charge is -2.30. The number of hydrogen-bond donors (Lipinski definition) is 1. The van der Waals surface area contributed by atoms with Crippen LogP contribution >= 0.6 is 11.3 Å². The number of carbonyl (C=O) groups excluding carboxylic acids is 1. The quantitative estimate of drug-likeness (QED) is 0.730. The van der Waals surface area contributed by atoms with Crippen LogP contribution in [0.4, 0.5) is 0 Å². The first-order valence-corrected chi connectivity index (χ1v) is 10.3. The molecule has 1 aliphatic heterocycles. The van der Waals surface area contributed by atoms with Crippen molar-refractivity contribution >= 4 is 17.2 Å². The summed E-state index contributed by atoms with van der Waals surface area (Å²) < 4.78 is 1.72. The van der Waals surface area contributed by atoms with Crippen molar-refractivity contribution in [1.82, 2.24) is 35.1 Å². The molecule has 1 N–H and O–H groups in total. The second kappa shape index (κ2) is 6.88. The van der Waals surface area contributed by atoms with Crippen LogP contribution in [0.2, 0.25) is 0 Å². The standard InChI is InChI=1S/C18H21N7OS/c26-18(15-11-25(23-20-15)10-14-4-2-8-27-14)24-7-1-3-13(9-24)17-19-16(21-22-17)12-5-6-12/h2,4,8,11-13H,1,3,5-7,9-10H2,(H,19,21,22)/t13-/m1/s1. The van der Waals surface area contributed by atoms with E-state index in [4.69, 9.17) is 0 Å². The summed E-state index contributed by atoms with van der Waals surface area (Å²) in [4.78, 5) is 20.6. The lowest BCUT2D eigenvalue weighted by atomic mass is 9.97. The minimum absolute atomic E-state index is 0.0601. The molecule has 0 unspecified atom stereocenters. The van der Waals surface area contributed by atoms with Crippen LogP contribution in [0.3, 0.4) is 0 Å². The minimum atomic E-state index is -0.0601. The molecule has 5 rings (SSSR count). The Bertz CT molecular complexity index is 927. The van der Waals surface area contributed by atoms with E-state index in [0.29, 0.717) is 24.7 Å². The van der Waals surface area contributed by atoms with Crippen LogP contribution in [0.25, 0.3) is 0 Å². The molecule has 1 aliphatic carbocycles. The lowest BCUT2D eigenvalue weighted by molar-refractivity contribution is 0.0698. The molecule has 0 bridgehead atoms. The number of H-pyrrole nitrogens is 1. The smallest absolute Gasteiger partial charge is 0.276 e. The van der Waals surface area contributed by atoms with Gasteiger partial charge in [0.05, 0.1) is 12.7 Å². The van der Waals surface area contributed by atoms with Crippen LogP contribution in [-0.4, -0.2) is 54.1 Å². The molecule has 2 aliphatic rings. The van der Waals surface area contributed by atoms with Gasteiger partial charge in [-0.05, 0) is 37.1 Å². The topological polar surface area (TPSA) is 92.6 Å². The SMILES string of the molecule is O=C(c1cn(Cc2cccs2)nn1)N1CCC[C@@H](c2n[nH]c(C3CC3)n2)C1. The van der Waals surface area contributed by atoms with E-state index in [0.717, 1.165) is 31.0 Å². The molecule has 0 radical (unpaired) electrons. The zero-order valence-corrected chi connectivity index (χ0v) is 15.7. The van der Waals surface area contributed by atoms with Crippen molar-refractivity contribution in [2.45, 2.75) is 44.1 Å². The number of aromatic nitrogens is 6. The highest BCUT2D eigenvalue weighted by atomic mass is 32.1. The number of piperidine rings is 1. The van der Waals surface area contributed by atoms with E-state index < -0.39 is 0 Å². The van der Waals surface area contributed by atoms with Crippen molar-refractivity contribution in [1.29, 1.82) is 0 Å². The molecule has 140 valence electrons. The monoisotopic (exact) mass is 383 g/mol. The zero-order valence-electron chi connectivity index (χ0n) is 14.9. The predicted octanol–water partition coefficient (Wildman–Crippen LogP) is 2.40. The lowest BCUT2D eigenvalue weighted by Crippen LogP contribution is -2.39. The summed E-state index contributed by atoms with van der Waals surface area (Å²) in [6, 6.07) is 4.06. The maximum Gasteiger partial charge on any atom is 0.276 e. The fourth-order valence-electron chi connectivity index (χ4n) is 3.58. The van der Waals surface area contributed by atoms with Crippen molar-refractivity contribution in [3.8, 4) is 0 Å². The van der Waals surface area contributed by atoms with E-state index in [1.807, 2.05) is 16.3 Å². The van der Waals surface area contributed by atoms with Gasteiger partial charge < -0.3 is 4.90 Å². The number of hydrogen-bond acceptors (Lipinski definition) is 6. The molecule has 2 fully saturated rings. The van der Waals surface area contributed by atoms with Crippen LogP contribution in [0.5, 0.6) is 0 Å². The summed E-state index contributed by atoms with van der Waals surface area (Å²) >= 11 is 1.67. The van der Waals surface area contributed by atoms with Crippen molar-refractivity contribution in [2.24, 2.45) is 0 Å². The first-order chi connectivity index (χ1) is 13.3. The Labute approximate surface area is 160 Å². The molecule has 27 heavy (non-hydrogen) atoms. The highest BCUT2D eigenvalue weighted by Gasteiger charge is 2.32. The molecule has 8 nitrogen and oxygen atoms in total. The third-order valence-electron chi connectivity index (χ3n) is 5.21. The predicted molar refractivity (Wildman–Crippen MR) is 99.7 cm³/mol. The molecule has 0 aromatic carbocycles. The van der Waals surface area contributed by atoms with Gasteiger partial charge in [0.25, 0.3) is 5.91 Å². The molecule has 1 amide bonds. The van der Waals surface area contributed by atoms with Gasteiger partial charge in [-0.2, -0.15) is 5.10 Å². The van der Waals surface area contributed by atoms with E-state index in [1.165, 1.54) is 17.7 Å². The second-order valence-corrected chi connectivity index (χ2v) is 8.36. The van der Waals surface area contributed by atoms with E-state index in [2.05, 4.69) is 31.6 Å². The minimum Gasteiger partial charge on any atom is -0.336 e. The average Bonchev–Trinajstić information content (AvgIpc) is 3.10. The van der Waals surface area contributed by atoms with E-state index in [-0.39, 0.29) is 11.8 Å². The van der Waals surface area contributed by atoms with Gasteiger partial charge in [0.1, 0.15) is 5.82 Å².